The lowest BCUT2D eigenvalue weighted by Crippen LogP contribution is -2.39. The predicted octanol–water partition coefficient (Wildman–Crippen LogP) is 1.69. The zero-order chi connectivity index (χ0) is 16.1. The number of hydrogen-bond acceptors (Lipinski definition) is 3. The van der Waals surface area contributed by atoms with Gasteiger partial charge in [0.25, 0.3) is 0 Å². The van der Waals surface area contributed by atoms with Crippen LogP contribution < -0.4 is 5.73 Å². The maximum Gasteiger partial charge on any atom is 0.314 e. The summed E-state index contributed by atoms with van der Waals surface area (Å²) in [5.41, 5.74) is 5.05. The van der Waals surface area contributed by atoms with Crippen molar-refractivity contribution in [2.24, 2.45) is 5.73 Å². The third-order valence-electron chi connectivity index (χ3n) is 3.08. The number of amides is 2. The number of likely N-dealkylation sites (tertiary alicyclic amines) is 1. The second-order valence-electron chi connectivity index (χ2n) is 4.87. The van der Waals surface area contributed by atoms with Gasteiger partial charge in [-0.05, 0) is 19.3 Å². The lowest BCUT2D eigenvalue weighted by atomic mass is 10.1. The van der Waals surface area contributed by atoms with Gasteiger partial charge in [-0.1, -0.05) is 12.2 Å². The Morgan fingerprint density at radius 1 is 1.14 bits per heavy atom. The topological polar surface area (TPSA) is 86.9 Å². The maximum atomic E-state index is 10.5. The Morgan fingerprint density at radius 3 is 2.00 bits per heavy atom. The van der Waals surface area contributed by atoms with Gasteiger partial charge in [-0.15, -0.1) is 13.2 Å². The van der Waals surface area contributed by atoms with Gasteiger partial charge < -0.3 is 15.7 Å². The zero-order valence-electron chi connectivity index (χ0n) is 12.7. The van der Waals surface area contributed by atoms with E-state index in [2.05, 4.69) is 13.2 Å². The fraction of sp³-hybridized carbons (Fsp3) is 0.600. The summed E-state index contributed by atoms with van der Waals surface area (Å²) in [5, 5.41) is 8.42. The first-order valence-electron chi connectivity index (χ1n) is 7.21. The summed E-state index contributed by atoms with van der Waals surface area (Å²) in [4.78, 5) is 24.4. The van der Waals surface area contributed by atoms with Gasteiger partial charge in [0.1, 0.15) is 0 Å². The Hall–Kier alpha value is -1.82. The molecule has 0 radical (unpaired) electrons. The van der Waals surface area contributed by atoms with Crippen molar-refractivity contribution in [2.75, 3.05) is 32.7 Å². The lowest BCUT2D eigenvalue weighted by Gasteiger charge is -2.24. The van der Waals surface area contributed by atoms with Crippen LogP contribution in [-0.4, -0.2) is 59.6 Å². The Morgan fingerprint density at radius 2 is 1.67 bits per heavy atom. The van der Waals surface area contributed by atoms with Gasteiger partial charge in [-0.3, -0.25) is 9.69 Å². The minimum Gasteiger partial charge on any atom is -0.481 e. The van der Waals surface area contributed by atoms with Crippen LogP contribution >= 0.6 is 0 Å². The van der Waals surface area contributed by atoms with Crippen LogP contribution in [-0.2, 0) is 4.79 Å². The van der Waals surface area contributed by atoms with Gasteiger partial charge >= 0.3 is 12.0 Å². The number of urea groups is 1. The molecule has 0 aromatic rings. The van der Waals surface area contributed by atoms with Crippen LogP contribution in [0, 0.1) is 0 Å². The van der Waals surface area contributed by atoms with E-state index < -0.39 is 5.97 Å². The van der Waals surface area contributed by atoms with Gasteiger partial charge in [0.15, 0.2) is 0 Å². The summed E-state index contributed by atoms with van der Waals surface area (Å²) in [6.45, 7) is 10.9. The number of carbonyl (C=O) groups excluding carboxylic acids is 1. The molecule has 21 heavy (non-hydrogen) atoms. The van der Waals surface area contributed by atoms with Gasteiger partial charge in [0.2, 0.25) is 0 Å². The van der Waals surface area contributed by atoms with E-state index >= 15 is 0 Å². The highest BCUT2D eigenvalue weighted by Gasteiger charge is 2.11. The number of nitrogens with two attached hydrogens (primary N) is 1. The van der Waals surface area contributed by atoms with Crippen molar-refractivity contribution in [3.63, 3.8) is 0 Å². The number of piperidine rings is 1. The minimum atomic E-state index is -0.770. The molecular formula is C15H27N3O3. The van der Waals surface area contributed by atoms with E-state index in [0.717, 1.165) is 25.9 Å². The summed E-state index contributed by atoms with van der Waals surface area (Å²) in [6.07, 6.45) is 7.15. The molecule has 0 spiro atoms. The molecule has 3 N–H and O–H groups in total. The van der Waals surface area contributed by atoms with Crippen LogP contribution in [0.3, 0.4) is 0 Å². The van der Waals surface area contributed by atoms with Crippen molar-refractivity contribution in [1.82, 2.24) is 9.80 Å². The van der Waals surface area contributed by atoms with Gasteiger partial charge in [-0.25, -0.2) is 4.79 Å². The van der Waals surface area contributed by atoms with Crippen molar-refractivity contribution in [2.45, 2.75) is 25.7 Å². The molecule has 120 valence electrons. The van der Waals surface area contributed by atoms with E-state index in [1.54, 1.807) is 17.1 Å². The standard InChI is InChI=1S/C9H15NO2.C6H12N2O/c1-3-6-10(7-4-2)8-5-9(11)12;7-6(9)8-4-2-1-3-5-8/h3-4H,1-2,5-8H2,(H,11,12);1-5H2,(H2,7,9). The van der Waals surface area contributed by atoms with Crippen molar-refractivity contribution in [1.29, 1.82) is 0 Å². The Balaban J connectivity index is 0.000000394. The summed E-state index contributed by atoms with van der Waals surface area (Å²) in [6, 6.07) is -0.269. The normalized spacial score (nSPS) is 14.0. The van der Waals surface area contributed by atoms with E-state index in [9.17, 15) is 9.59 Å². The van der Waals surface area contributed by atoms with Crippen LogP contribution in [0.15, 0.2) is 25.3 Å². The second kappa shape index (κ2) is 12.0. The van der Waals surface area contributed by atoms with Gasteiger partial charge in [-0.2, -0.15) is 0 Å². The van der Waals surface area contributed by atoms with Crippen molar-refractivity contribution in [3.05, 3.63) is 25.3 Å². The number of carbonyl (C=O) groups is 2. The fourth-order valence-corrected chi connectivity index (χ4v) is 1.99. The zero-order valence-corrected chi connectivity index (χ0v) is 12.7. The number of hydrogen-bond donors (Lipinski definition) is 2. The van der Waals surface area contributed by atoms with Crippen LogP contribution in [0.5, 0.6) is 0 Å². The van der Waals surface area contributed by atoms with Crippen LogP contribution in [0.2, 0.25) is 0 Å². The van der Waals surface area contributed by atoms with Crippen LogP contribution in [0.1, 0.15) is 25.7 Å². The molecule has 0 unspecified atom stereocenters. The maximum absolute atomic E-state index is 10.5. The molecule has 2 amide bonds. The minimum absolute atomic E-state index is 0.168. The van der Waals surface area contributed by atoms with Gasteiger partial charge in [0.05, 0.1) is 6.42 Å². The molecule has 1 rings (SSSR count). The molecule has 1 aliphatic rings. The molecule has 0 saturated carbocycles. The van der Waals surface area contributed by atoms with Crippen LogP contribution in [0.25, 0.3) is 0 Å². The van der Waals surface area contributed by atoms with Crippen molar-refractivity contribution >= 4 is 12.0 Å². The molecule has 0 aromatic carbocycles. The van der Waals surface area contributed by atoms with Gasteiger partial charge in [0, 0.05) is 32.7 Å². The molecule has 0 aromatic heterocycles. The average molecular weight is 297 g/mol. The highest BCUT2D eigenvalue weighted by atomic mass is 16.4. The average Bonchev–Trinajstić information content (AvgIpc) is 2.47. The molecule has 1 saturated heterocycles. The molecule has 0 bridgehead atoms. The molecule has 6 nitrogen and oxygen atoms in total. The van der Waals surface area contributed by atoms with E-state index in [4.69, 9.17) is 10.8 Å². The molecule has 0 atom stereocenters. The summed E-state index contributed by atoms with van der Waals surface area (Å²) >= 11 is 0. The molecule has 1 fully saturated rings. The fourth-order valence-electron chi connectivity index (χ4n) is 1.99. The highest BCUT2D eigenvalue weighted by molar-refractivity contribution is 5.72. The highest BCUT2D eigenvalue weighted by Crippen LogP contribution is 2.07. The van der Waals surface area contributed by atoms with Crippen molar-refractivity contribution < 1.29 is 14.7 Å². The summed E-state index contributed by atoms with van der Waals surface area (Å²) in [7, 11) is 0. The molecular weight excluding hydrogens is 270 g/mol. The Bertz CT molecular complexity index is 329. The number of aliphatic carboxylic acids is 1. The van der Waals surface area contributed by atoms with E-state index in [1.165, 1.54) is 6.42 Å². The summed E-state index contributed by atoms with van der Waals surface area (Å²) in [5.74, 6) is -0.770. The number of primary amides is 1. The number of carboxylic acids is 1. The lowest BCUT2D eigenvalue weighted by molar-refractivity contribution is -0.137. The van der Waals surface area contributed by atoms with E-state index in [1.807, 2.05) is 4.90 Å². The largest absolute Gasteiger partial charge is 0.481 e. The van der Waals surface area contributed by atoms with Crippen LogP contribution in [0.4, 0.5) is 4.79 Å². The smallest absolute Gasteiger partial charge is 0.314 e. The van der Waals surface area contributed by atoms with E-state index in [-0.39, 0.29) is 12.5 Å². The van der Waals surface area contributed by atoms with E-state index in [0.29, 0.717) is 19.6 Å². The number of nitrogens with zero attached hydrogens (tertiary/aromatic N) is 2. The SMILES string of the molecule is C=CCN(CC=C)CCC(=O)O.NC(=O)N1CCCCC1. The Kier molecular flexibility index (Phi) is 10.9. The molecule has 1 heterocycles. The first kappa shape index (κ1) is 19.2. The quantitative estimate of drug-likeness (QED) is 0.700. The van der Waals surface area contributed by atoms with Crippen molar-refractivity contribution in [3.8, 4) is 0 Å². The third kappa shape index (κ3) is 10.6. The number of carboxylic acid groups (broad SMARTS) is 1. The first-order valence-corrected chi connectivity index (χ1v) is 7.21. The monoisotopic (exact) mass is 297 g/mol. The predicted molar refractivity (Wildman–Crippen MR) is 84.1 cm³/mol. The first-order chi connectivity index (χ1) is 10.0. The molecule has 1 aliphatic heterocycles. The summed E-state index contributed by atoms with van der Waals surface area (Å²) < 4.78 is 0. The second-order valence-corrected chi connectivity index (χ2v) is 4.87. The third-order valence-corrected chi connectivity index (χ3v) is 3.08. The Labute approximate surface area is 126 Å². The molecule has 6 heteroatoms. The molecule has 0 aliphatic carbocycles. The number of rotatable bonds is 7.